The van der Waals surface area contributed by atoms with Gasteiger partial charge < -0.3 is 15.5 Å². The average Bonchev–Trinajstić information content (AvgIpc) is 3.05. The Kier molecular flexibility index (Phi) is 5.26. The van der Waals surface area contributed by atoms with Crippen molar-refractivity contribution in [3.05, 3.63) is 59.2 Å². The van der Waals surface area contributed by atoms with Crippen LogP contribution >= 0.6 is 0 Å². The molecule has 6 nitrogen and oxygen atoms in total. The van der Waals surface area contributed by atoms with Gasteiger partial charge in [-0.3, -0.25) is 14.4 Å². The van der Waals surface area contributed by atoms with E-state index in [4.69, 9.17) is 0 Å². The van der Waals surface area contributed by atoms with Crippen molar-refractivity contribution in [2.24, 2.45) is 5.92 Å². The van der Waals surface area contributed by atoms with E-state index in [0.29, 0.717) is 17.8 Å². The van der Waals surface area contributed by atoms with Gasteiger partial charge in [-0.15, -0.1) is 0 Å². The van der Waals surface area contributed by atoms with Crippen molar-refractivity contribution in [3.63, 3.8) is 0 Å². The Bertz CT molecular complexity index is 890. The summed E-state index contributed by atoms with van der Waals surface area (Å²) < 4.78 is 0. The van der Waals surface area contributed by atoms with E-state index in [0.717, 1.165) is 16.8 Å². The Balaban J connectivity index is 1.69. The van der Waals surface area contributed by atoms with E-state index in [2.05, 4.69) is 10.6 Å². The topological polar surface area (TPSA) is 78.5 Å². The molecule has 0 spiro atoms. The lowest BCUT2D eigenvalue weighted by Crippen LogP contribution is -2.28. The standard InChI is InChI=1S/C21H23N3O3/c1-13-5-4-6-18(14(13)2)24-12-16(11-19(24)25)21(27)23-17-9-7-15(8-10-17)20(26)22-3/h4-10,16H,11-12H2,1-3H3,(H,22,26)(H,23,27). The SMILES string of the molecule is CNC(=O)c1ccc(NC(=O)C2CC(=O)N(c3cccc(C)c3C)C2)cc1. The van der Waals surface area contributed by atoms with Crippen LogP contribution in [0.5, 0.6) is 0 Å². The van der Waals surface area contributed by atoms with Crippen molar-refractivity contribution < 1.29 is 14.4 Å². The van der Waals surface area contributed by atoms with Gasteiger partial charge >= 0.3 is 0 Å². The molecule has 0 aromatic heterocycles. The van der Waals surface area contributed by atoms with Crippen LogP contribution in [-0.4, -0.2) is 31.3 Å². The maximum absolute atomic E-state index is 12.6. The maximum atomic E-state index is 12.6. The second kappa shape index (κ2) is 7.61. The second-order valence-corrected chi connectivity index (χ2v) is 6.77. The molecular weight excluding hydrogens is 342 g/mol. The number of amides is 3. The van der Waals surface area contributed by atoms with E-state index in [9.17, 15) is 14.4 Å². The summed E-state index contributed by atoms with van der Waals surface area (Å²) in [6, 6.07) is 12.5. The predicted octanol–water partition coefficient (Wildman–Crippen LogP) is 2.65. The molecule has 27 heavy (non-hydrogen) atoms. The minimum absolute atomic E-state index is 0.0428. The molecule has 1 atom stereocenters. The lowest BCUT2D eigenvalue weighted by Gasteiger charge is -2.20. The molecule has 2 N–H and O–H groups in total. The number of hydrogen-bond acceptors (Lipinski definition) is 3. The van der Waals surface area contributed by atoms with Gasteiger partial charge in [0.2, 0.25) is 11.8 Å². The van der Waals surface area contributed by atoms with Crippen LogP contribution in [0.1, 0.15) is 27.9 Å². The number of carbonyl (C=O) groups excluding carboxylic acids is 3. The van der Waals surface area contributed by atoms with Gasteiger partial charge in [-0.1, -0.05) is 12.1 Å². The molecule has 140 valence electrons. The number of nitrogens with one attached hydrogen (secondary N) is 2. The molecule has 2 aromatic rings. The van der Waals surface area contributed by atoms with Crippen molar-refractivity contribution in [3.8, 4) is 0 Å². The number of rotatable bonds is 4. The van der Waals surface area contributed by atoms with E-state index >= 15 is 0 Å². The molecule has 0 radical (unpaired) electrons. The summed E-state index contributed by atoms with van der Waals surface area (Å²) in [4.78, 5) is 38.3. The minimum atomic E-state index is -0.406. The Morgan fingerprint density at radius 3 is 2.44 bits per heavy atom. The molecule has 0 aliphatic carbocycles. The number of anilines is 2. The first kappa shape index (κ1) is 18.6. The number of nitrogens with zero attached hydrogens (tertiary/aromatic N) is 1. The van der Waals surface area contributed by atoms with E-state index in [1.807, 2.05) is 32.0 Å². The second-order valence-electron chi connectivity index (χ2n) is 6.77. The van der Waals surface area contributed by atoms with Gasteiger partial charge in [-0.25, -0.2) is 0 Å². The summed E-state index contributed by atoms with van der Waals surface area (Å²) >= 11 is 0. The molecule has 1 aliphatic heterocycles. The van der Waals surface area contributed by atoms with Gasteiger partial charge in [-0.05, 0) is 55.3 Å². The molecule has 3 rings (SSSR count). The summed E-state index contributed by atoms with van der Waals surface area (Å²) in [5, 5.41) is 5.39. The quantitative estimate of drug-likeness (QED) is 0.874. The lowest BCUT2D eigenvalue weighted by molar-refractivity contribution is -0.122. The fraction of sp³-hybridized carbons (Fsp3) is 0.286. The fourth-order valence-corrected chi connectivity index (χ4v) is 3.24. The first-order valence-corrected chi connectivity index (χ1v) is 8.90. The Morgan fingerprint density at radius 2 is 1.78 bits per heavy atom. The van der Waals surface area contributed by atoms with Crippen LogP contribution in [-0.2, 0) is 9.59 Å². The predicted molar refractivity (Wildman–Crippen MR) is 105 cm³/mol. The molecule has 1 saturated heterocycles. The highest BCUT2D eigenvalue weighted by Gasteiger charge is 2.35. The zero-order valence-electron chi connectivity index (χ0n) is 15.7. The van der Waals surface area contributed by atoms with Crippen molar-refractivity contribution >= 4 is 29.1 Å². The average molecular weight is 365 g/mol. The van der Waals surface area contributed by atoms with E-state index in [1.165, 1.54) is 0 Å². The fourth-order valence-electron chi connectivity index (χ4n) is 3.24. The molecule has 1 fully saturated rings. The third-order valence-electron chi connectivity index (χ3n) is 5.00. The van der Waals surface area contributed by atoms with Crippen LogP contribution in [0.25, 0.3) is 0 Å². The summed E-state index contributed by atoms with van der Waals surface area (Å²) in [5.74, 6) is -0.822. The third-order valence-corrected chi connectivity index (χ3v) is 5.00. The molecule has 1 unspecified atom stereocenters. The number of carbonyl (C=O) groups is 3. The summed E-state index contributed by atoms with van der Waals surface area (Å²) in [6.45, 7) is 4.36. The lowest BCUT2D eigenvalue weighted by atomic mass is 10.1. The van der Waals surface area contributed by atoms with Gasteiger partial charge in [0.15, 0.2) is 0 Å². The smallest absolute Gasteiger partial charge is 0.251 e. The Labute approximate surface area is 158 Å². The maximum Gasteiger partial charge on any atom is 0.251 e. The molecule has 1 aliphatic rings. The molecule has 2 aromatic carbocycles. The van der Waals surface area contributed by atoms with E-state index in [1.54, 1.807) is 36.2 Å². The normalized spacial score (nSPS) is 16.3. The molecular formula is C21H23N3O3. The van der Waals surface area contributed by atoms with Crippen LogP contribution in [0.2, 0.25) is 0 Å². The summed E-state index contributed by atoms with van der Waals surface area (Å²) in [6.07, 6.45) is 0.190. The molecule has 0 saturated carbocycles. The van der Waals surface area contributed by atoms with E-state index in [-0.39, 0.29) is 24.1 Å². The zero-order chi connectivity index (χ0) is 19.6. The zero-order valence-corrected chi connectivity index (χ0v) is 15.7. The van der Waals surface area contributed by atoms with Crippen LogP contribution in [0.3, 0.4) is 0 Å². The molecule has 3 amide bonds. The Hall–Kier alpha value is -3.15. The van der Waals surface area contributed by atoms with Gasteiger partial charge in [0.05, 0.1) is 5.92 Å². The number of benzene rings is 2. The van der Waals surface area contributed by atoms with E-state index < -0.39 is 5.92 Å². The summed E-state index contributed by atoms with van der Waals surface area (Å²) in [7, 11) is 1.57. The van der Waals surface area contributed by atoms with Crippen LogP contribution in [0, 0.1) is 19.8 Å². The molecule has 6 heteroatoms. The number of hydrogen-bond donors (Lipinski definition) is 2. The monoisotopic (exact) mass is 365 g/mol. The highest BCUT2D eigenvalue weighted by atomic mass is 16.2. The minimum Gasteiger partial charge on any atom is -0.355 e. The number of aryl methyl sites for hydroxylation is 1. The Morgan fingerprint density at radius 1 is 1.07 bits per heavy atom. The van der Waals surface area contributed by atoms with Gasteiger partial charge in [0.1, 0.15) is 0 Å². The first-order valence-electron chi connectivity index (χ1n) is 8.90. The molecule has 0 bridgehead atoms. The highest BCUT2D eigenvalue weighted by Crippen LogP contribution is 2.30. The van der Waals surface area contributed by atoms with Crippen LogP contribution in [0.4, 0.5) is 11.4 Å². The highest BCUT2D eigenvalue weighted by molar-refractivity contribution is 6.04. The van der Waals surface area contributed by atoms with Crippen LogP contribution in [0.15, 0.2) is 42.5 Å². The largest absolute Gasteiger partial charge is 0.355 e. The van der Waals surface area contributed by atoms with Crippen molar-refractivity contribution in [1.82, 2.24) is 5.32 Å². The van der Waals surface area contributed by atoms with Gasteiger partial charge in [0, 0.05) is 37.0 Å². The summed E-state index contributed by atoms with van der Waals surface area (Å²) in [5.41, 5.74) is 4.16. The van der Waals surface area contributed by atoms with Gasteiger partial charge in [0.25, 0.3) is 5.91 Å². The van der Waals surface area contributed by atoms with Crippen molar-refractivity contribution in [2.45, 2.75) is 20.3 Å². The van der Waals surface area contributed by atoms with Crippen molar-refractivity contribution in [1.29, 1.82) is 0 Å². The third kappa shape index (κ3) is 3.84. The van der Waals surface area contributed by atoms with Gasteiger partial charge in [-0.2, -0.15) is 0 Å². The first-order chi connectivity index (χ1) is 12.9. The molecule has 1 heterocycles. The van der Waals surface area contributed by atoms with Crippen LogP contribution < -0.4 is 15.5 Å². The van der Waals surface area contributed by atoms with Crippen molar-refractivity contribution in [2.75, 3.05) is 23.8 Å².